The molecule has 0 unspecified atom stereocenters. The van der Waals surface area contributed by atoms with Gasteiger partial charge in [0, 0.05) is 24.8 Å². The van der Waals surface area contributed by atoms with Crippen LogP contribution >= 0.6 is 0 Å². The van der Waals surface area contributed by atoms with Gasteiger partial charge in [0.15, 0.2) is 0 Å². The third-order valence-corrected chi connectivity index (χ3v) is 4.54. The molecule has 5 nitrogen and oxygen atoms in total. The van der Waals surface area contributed by atoms with E-state index in [-0.39, 0.29) is 10.9 Å². The number of rotatable bonds is 6. The van der Waals surface area contributed by atoms with E-state index < -0.39 is 10.0 Å². The summed E-state index contributed by atoms with van der Waals surface area (Å²) in [4.78, 5) is 4.38. The third kappa shape index (κ3) is 3.20. The largest absolute Gasteiger partial charge is 0.370 e. The van der Waals surface area contributed by atoms with Gasteiger partial charge in [0.05, 0.1) is 4.90 Å². The van der Waals surface area contributed by atoms with E-state index in [1.165, 1.54) is 12.3 Å². The Balaban J connectivity index is 2.10. The van der Waals surface area contributed by atoms with Crippen molar-refractivity contribution in [2.75, 3.05) is 11.9 Å². The quantitative estimate of drug-likeness (QED) is 0.825. The fraction of sp³-hybridized carbons (Fsp3) is 0.583. The summed E-state index contributed by atoms with van der Waals surface area (Å²) < 4.78 is 26.9. The first-order chi connectivity index (χ1) is 8.62. The van der Waals surface area contributed by atoms with Crippen molar-refractivity contribution in [2.45, 2.75) is 43.5 Å². The molecular formula is C12H19N3O2S. The minimum Gasteiger partial charge on any atom is -0.370 e. The molecule has 0 atom stereocenters. The van der Waals surface area contributed by atoms with Crippen LogP contribution in [-0.2, 0) is 10.0 Å². The molecule has 0 spiro atoms. The second-order valence-electron chi connectivity index (χ2n) is 4.55. The number of pyridine rings is 1. The Hall–Kier alpha value is -1.14. The van der Waals surface area contributed by atoms with Crippen molar-refractivity contribution in [3.63, 3.8) is 0 Å². The van der Waals surface area contributed by atoms with Crippen LogP contribution in [0.3, 0.4) is 0 Å². The van der Waals surface area contributed by atoms with Crippen LogP contribution < -0.4 is 10.0 Å². The molecule has 0 aliphatic heterocycles. The molecule has 1 aliphatic carbocycles. The first kappa shape index (κ1) is 13.3. The molecule has 18 heavy (non-hydrogen) atoms. The minimum absolute atomic E-state index is 0.107. The summed E-state index contributed by atoms with van der Waals surface area (Å²) in [6.07, 6.45) is 5.47. The van der Waals surface area contributed by atoms with E-state index in [1.807, 2.05) is 6.92 Å². The molecule has 1 aromatic heterocycles. The molecule has 0 radical (unpaired) electrons. The van der Waals surface area contributed by atoms with Crippen molar-refractivity contribution >= 4 is 15.8 Å². The number of nitrogens with one attached hydrogen (secondary N) is 2. The van der Waals surface area contributed by atoms with Crippen molar-refractivity contribution in [1.29, 1.82) is 0 Å². The van der Waals surface area contributed by atoms with Crippen LogP contribution in [0.4, 0.5) is 5.82 Å². The average molecular weight is 269 g/mol. The predicted octanol–water partition coefficient (Wildman–Crippen LogP) is 1.73. The summed E-state index contributed by atoms with van der Waals surface area (Å²) in [5.74, 6) is 0.605. The molecule has 2 rings (SSSR count). The van der Waals surface area contributed by atoms with Crippen LogP contribution in [0.2, 0.25) is 0 Å². The van der Waals surface area contributed by atoms with E-state index in [0.29, 0.717) is 5.82 Å². The fourth-order valence-electron chi connectivity index (χ4n) is 1.74. The van der Waals surface area contributed by atoms with Crippen molar-refractivity contribution < 1.29 is 8.42 Å². The lowest BCUT2D eigenvalue weighted by Gasteiger charge is -2.26. The maximum Gasteiger partial charge on any atom is 0.241 e. The van der Waals surface area contributed by atoms with Gasteiger partial charge in [-0.2, -0.15) is 0 Å². The number of hydrogen-bond acceptors (Lipinski definition) is 4. The van der Waals surface area contributed by atoms with E-state index >= 15 is 0 Å². The zero-order valence-electron chi connectivity index (χ0n) is 10.5. The van der Waals surface area contributed by atoms with Gasteiger partial charge in [-0.1, -0.05) is 13.3 Å². The standard InChI is InChI=1S/C12H19N3O2S/c1-2-7-13-12-9-11(6-8-14-12)18(16,17)15-10-4-3-5-10/h6,8-10,15H,2-5,7H2,1H3,(H,13,14). The zero-order chi connectivity index (χ0) is 13.0. The van der Waals surface area contributed by atoms with Crippen LogP contribution in [0.25, 0.3) is 0 Å². The summed E-state index contributed by atoms with van der Waals surface area (Å²) in [6.45, 7) is 2.83. The predicted molar refractivity (Wildman–Crippen MR) is 71.0 cm³/mol. The van der Waals surface area contributed by atoms with E-state index in [1.54, 1.807) is 6.07 Å². The van der Waals surface area contributed by atoms with Crippen LogP contribution in [-0.4, -0.2) is 26.0 Å². The van der Waals surface area contributed by atoms with Crippen LogP contribution in [0, 0.1) is 0 Å². The lowest BCUT2D eigenvalue weighted by molar-refractivity contribution is 0.383. The molecule has 0 saturated heterocycles. The van der Waals surface area contributed by atoms with E-state index in [2.05, 4.69) is 15.0 Å². The molecule has 1 saturated carbocycles. The Kier molecular flexibility index (Phi) is 4.19. The molecule has 1 aliphatic rings. The highest BCUT2D eigenvalue weighted by Crippen LogP contribution is 2.21. The lowest BCUT2D eigenvalue weighted by Crippen LogP contribution is -2.39. The SMILES string of the molecule is CCCNc1cc(S(=O)(=O)NC2CCC2)ccn1. The summed E-state index contributed by atoms with van der Waals surface area (Å²) in [7, 11) is -3.40. The molecule has 1 heterocycles. The molecule has 1 aromatic rings. The third-order valence-electron chi connectivity index (χ3n) is 3.02. The number of hydrogen-bond donors (Lipinski definition) is 2. The summed E-state index contributed by atoms with van der Waals surface area (Å²) >= 11 is 0. The zero-order valence-corrected chi connectivity index (χ0v) is 11.3. The van der Waals surface area contributed by atoms with Gasteiger partial charge in [-0.25, -0.2) is 18.1 Å². The number of sulfonamides is 1. The highest BCUT2D eigenvalue weighted by atomic mass is 32.2. The summed E-state index contributed by atoms with van der Waals surface area (Å²) in [5, 5.41) is 3.08. The highest BCUT2D eigenvalue weighted by Gasteiger charge is 2.24. The van der Waals surface area contributed by atoms with Gasteiger partial charge in [0.25, 0.3) is 0 Å². The Bertz CT molecular complexity index is 498. The van der Waals surface area contributed by atoms with Gasteiger partial charge in [-0.05, 0) is 25.3 Å². The average Bonchev–Trinajstić information content (AvgIpc) is 2.32. The number of aromatic nitrogens is 1. The second-order valence-corrected chi connectivity index (χ2v) is 6.27. The fourth-order valence-corrected chi connectivity index (χ4v) is 3.06. The van der Waals surface area contributed by atoms with Gasteiger partial charge in [0.2, 0.25) is 10.0 Å². The van der Waals surface area contributed by atoms with Gasteiger partial charge >= 0.3 is 0 Å². The van der Waals surface area contributed by atoms with Crippen LogP contribution in [0.15, 0.2) is 23.2 Å². The normalized spacial score (nSPS) is 16.3. The number of anilines is 1. The molecule has 0 aromatic carbocycles. The van der Waals surface area contributed by atoms with E-state index in [0.717, 1.165) is 32.2 Å². The van der Waals surface area contributed by atoms with Crippen molar-refractivity contribution in [3.8, 4) is 0 Å². The molecule has 0 bridgehead atoms. The monoisotopic (exact) mass is 269 g/mol. The van der Waals surface area contributed by atoms with Crippen molar-refractivity contribution in [1.82, 2.24) is 9.71 Å². The van der Waals surface area contributed by atoms with Crippen LogP contribution in [0.1, 0.15) is 32.6 Å². The molecule has 2 N–H and O–H groups in total. The van der Waals surface area contributed by atoms with Gasteiger partial charge in [-0.3, -0.25) is 0 Å². The van der Waals surface area contributed by atoms with Crippen LogP contribution in [0.5, 0.6) is 0 Å². The summed E-state index contributed by atoms with van der Waals surface area (Å²) in [5.41, 5.74) is 0. The highest BCUT2D eigenvalue weighted by molar-refractivity contribution is 7.89. The van der Waals surface area contributed by atoms with Gasteiger partial charge in [0.1, 0.15) is 5.82 Å². The number of nitrogens with zero attached hydrogens (tertiary/aromatic N) is 1. The Morgan fingerprint density at radius 1 is 1.44 bits per heavy atom. The Labute approximate surface area is 108 Å². The van der Waals surface area contributed by atoms with Gasteiger partial charge < -0.3 is 5.32 Å². The molecule has 0 amide bonds. The molecular weight excluding hydrogens is 250 g/mol. The second kappa shape index (κ2) is 5.67. The smallest absolute Gasteiger partial charge is 0.241 e. The first-order valence-electron chi connectivity index (χ1n) is 6.34. The first-order valence-corrected chi connectivity index (χ1v) is 7.82. The topological polar surface area (TPSA) is 71.1 Å². The maximum absolute atomic E-state index is 12.1. The molecule has 6 heteroatoms. The maximum atomic E-state index is 12.1. The minimum atomic E-state index is -3.40. The molecule has 1 fully saturated rings. The van der Waals surface area contributed by atoms with E-state index in [4.69, 9.17) is 0 Å². The Morgan fingerprint density at radius 2 is 2.22 bits per heavy atom. The van der Waals surface area contributed by atoms with Crippen molar-refractivity contribution in [2.24, 2.45) is 0 Å². The van der Waals surface area contributed by atoms with Crippen molar-refractivity contribution in [3.05, 3.63) is 18.3 Å². The summed E-state index contributed by atoms with van der Waals surface area (Å²) in [6, 6.07) is 3.21. The van der Waals surface area contributed by atoms with Gasteiger partial charge in [-0.15, -0.1) is 0 Å². The lowest BCUT2D eigenvalue weighted by atomic mass is 9.94. The van der Waals surface area contributed by atoms with E-state index in [9.17, 15) is 8.42 Å². The molecule has 100 valence electrons. The Morgan fingerprint density at radius 3 is 2.83 bits per heavy atom.